The topological polar surface area (TPSA) is 63.2 Å². The van der Waals surface area contributed by atoms with Crippen molar-refractivity contribution in [2.45, 2.75) is 32.7 Å². The zero-order valence-electron chi connectivity index (χ0n) is 17.1. The Kier molecular flexibility index (Phi) is 4.59. The first-order chi connectivity index (χ1) is 14.1. The molecule has 1 saturated heterocycles. The summed E-state index contributed by atoms with van der Waals surface area (Å²) in [4.78, 5) is 16.4. The third-order valence-electron chi connectivity index (χ3n) is 5.94. The van der Waals surface area contributed by atoms with Gasteiger partial charge in [-0.1, -0.05) is 32.0 Å². The fourth-order valence-electron chi connectivity index (χ4n) is 4.49. The summed E-state index contributed by atoms with van der Waals surface area (Å²) in [6, 6.07) is 10.5. The maximum absolute atomic E-state index is 5.47. The monoisotopic (exact) mass is 389 g/mol. The number of hydrogen-bond donors (Lipinski definition) is 1. The van der Waals surface area contributed by atoms with Gasteiger partial charge in [-0.15, -0.1) is 0 Å². The zero-order valence-corrected chi connectivity index (χ0v) is 17.1. The van der Waals surface area contributed by atoms with Gasteiger partial charge in [-0.3, -0.25) is 4.98 Å². The lowest BCUT2D eigenvalue weighted by Crippen LogP contribution is -2.38. The standard InChI is InChI=1S/C23H27N5O/c1-23(2)13-20(26-19-7-8-24-18-6-4-3-5-16(18)19)17-15-25-22(27-21(17)14-23)28-9-11-29-12-10-28/h3-8,15,20H,9-14H2,1-2H3,(H,24,26)/t20-/m1/s1. The number of anilines is 2. The van der Waals surface area contributed by atoms with Gasteiger partial charge in [0.1, 0.15) is 0 Å². The quantitative estimate of drug-likeness (QED) is 0.731. The second kappa shape index (κ2) is 7.26. The molecule has 1 aliphatic carbocycles. The van der Waals surface area contributed by atoms with E-state index in [9.17, 15) is 0 Å². The lowest BCUT2D eigenvalue weighted by atomic mass is 9.74. The summed E-state index contributed by atoms with van der Waals surface area (Å²) in [5.41, 5.74) is 4.66. The van der Waals surface area contributed by atoms with Crippen LogP contribution in [0.5, 0.6) is 0 Å². The van der Waals surface area contributed by atoms with Gasteiger partial charge in [-0.05, 0) is 30.4 Å². The number of hydrogen-bond acceptors (Lipinski definition) is 6. The first-order valence-corrected chi connectivity index (χ1v) is 10.4. The molecule has 1 aromatic carbocycles. The highest BCUT2D eigenvalue weighted by Gasteiger charge is 2.34. The van der Waals surface area contributed by atoms with E-state index >= 15 is 0 Å². The number of nitrogens with one attached hydrogen (secondary N) is 1. The van der Waals surface area contributed by atoms with E-state index in [0.29, 0.717) is 0 Å². The Bertz CT molecular complexity index is 1020. The Labute approximate surface area is 171 Å². The average Bonchev–Trinajstić information content (AvgIpc) is 2.73. The lowest BCUT2D eigenvalue weighted by Gasteiger charge is -2.37. The smallest absolute Gasteiger partial charge is 0.225 e. The molecule has 1 aliphatic heterocycles. The molecule has 0 spiro atoms. The highest BCUT2D eigenvalue weighted by atomic mass is 16.5. The van der Waals surface area contributed by atoms with Crippen LogP contribution in [-0.2, 0) is 11.2 Å². The van der Waals surface area contributed by atoms with E-state index in [0.717, 1.165) is 67.4 Å². The van der Waals surface area contributed by atoms with E-state index < -0.39 is 0 Å². The van der Waals surface area contributed by atoms with Gasteiger partial charge >= 0.3 is 0 Å². The molecule has 0 bridgehead atoms. The number of fused-ring (bicyclic) bond motifs is 2. The molecule has 2 aromatic heterocycles. The fourth-order valence-corrected chi connectivity index (χ4v) is 4.49. The normalized spacial score (nSPS) is 21.0. The summed E-state index contributed by atoms with van der Waals surface area (Å²) in [6.07, 6.45) is 5.91. The van der Waals surface area contributed by atoms with Crippen molar-refractivity contribution < 1.29 is 4.74 Å². The van der Waals surface area contributed by atoms with Crippen LogP contribution in [0.4, 0.5) is 11.6 Å². The number of aromatic nitrogens is 3. The van der Waals surface area contributed by atoms with Crippen LogP contribution in [0.3, 0.4) is 0 Å². The predicted molar refractivity (Wildman–Crippen MR) is 115 cm³/mol. The molecular formula is C23H27N5O. The number of para-hydroxylation sites is 1. The van der Waals surface area contributed by atoms with Crippen molar-refractivity contribution in [1.29, 1.82) is 0 Å². The van der Waals surface area contributed by atoms with Crippen LogP contribution in [0.1, 0.15) is 37.6 Å². The number of pyridine rings is 1. The third kappa shape index (κ3) is 3.65. The van der Waals surface area contributed by atoms with E-state index in [1.165, 1.54) is 5.56 Å². The fraction of sp³-hybridized carbons (Fsp3) is 0.435. The maximum Gasteiger partial charge on any atom is 0.225 e. The van der Waals surface area contributed by atoms with Gasteiger partial charge in [0.25, 0.3) is 0 Å². The minimum atomic E-state index is 0.171. The summed E-state index contributed by atoms with van der Waals surface area (Å²) in [5.74, 6) is 0.831. The first-order valence-electron chi connectivity index (χ1n) is 10.4. The Balaban J connectivity index is 1.49. The molecule has 0 unspecified atom stereocenters. The van der Waals surface area contributed by atoms with E-state index in [4.69, 9.17) is 14.7 Å². The molecule has 3 heterocycles. The highest BCUT2D eigenvalue weighted by molar-refractivity contribution is 5.91. The minimum Gasteiger partial charge on any atom is -0.378 e. The Morgan fingerprint density at radius 3 is 2.79 bits per heavy atom. The number of benzene rings is 1. The summed E-state index contributed by atoms with van der Waals surface area (Å²) < 4.78 is 5.47. The Hall–Kier alpha value is -2.73. The third-order valence-corrected chi connectivity index (χ3v) is 5.94. The van der Waals surface area contributed by atoms with Crippen LogP contribution < -0.4 is 10.2 Å². The van der Waals surface area contributed by atoms with Crippen LogP contribution in [0, 0.1) is 5.41 Å². The van der Waals surface area contributed by atoms with Crippen molar-refractivity contribution in [1.82, 2.24) is 15.0 Å². The summed E-state index contributed by atoms with van der Waals surface area (Å²) in [7, 11) is 0. The van der Waals surface area contributed by atoms with Gasteiger partial charge < -0.3 is 15.0 Å². The van der Waals surface area contributed by atoms with Crippen molar-refractivity contribution in [2.24, 2.45) is 5.41 Å². The van der Waals surface area contributed by atoms with Crippen LogP contribution in [-0.4, -0.2) is 41.3 Å². The molecule has 6 heteroatoms. The van der Waals surface area contributed by atoms with Gasteiger partial charge in [0.15, 0.2) is 0 Å². The van der Waals surface area contributed by atoms with Gasteiger partial charge in [0, 0.05) is 42.1 Å². The Morgan fingerprint density at radius 1 is 1.10 bits per heavy atom. The van der Waals surface area contributed by atoms with Gasteiger partial charge in [-0.25, -0.2) is 9.97 Å². The van der Waals surface area contributed by atoms with Crippen LogP contribution in [0.2, 0.25) is 0 Å². The molecule has 1 fully saturated rings. The molecule has 3 aromatic rings. The summed E-state index contributed by atoms with van der Waals surface area (Å²) in [6.45, 7) is 7.84. The van der Waals surface area contributed by atoms with E-state index in [1.54, 1.807) is 0 Å². The number of morpholine rings is 1. The van der Waals surface area contributed by atoms with Crippen molar-refractivity contribution >= 4 is 22.5 Å². The molecular weight excluding hydrogens is 362 g/mol. The van der Waals surface area contributed by atoms with Crippen molar-refractivity contribution in [3.05, 3.63) is 54.0 Å². The van der Waals surface area contributed by atoms with Crippen molar-refractivity contribution in [3.8, 4) is 0 Å². The Morgan fingerprint density at radius 2 is 1.93 bits per heavy atom. The van der Waals surface area contributed by atoms with Gasteiger partial charge in [0.05, 0.1) is 30.5 Å². The van der Waals surface area contributed by atoms with Crippen LogP contribution >= 0.6 is 0 Å². The maximum atomic E-state index is 5.47. The van der Waals surface area contributed by atoms with Gasteiger partial charge in [-0.2, -0.15) is 0 Å². The van der Waals surface area contributed by atoms with E-state index in [-0.39, 0.29) is 11.5 Å². The second-order valence-corrected chi connectivity index (χ2v) is 8.79. The second-order valence-electron chi connectivity index (χ2n) is 8.79. The molecule has 1 N–H and O–H groups in total. The van der Waals surface area contributed by atoms with Crippen LogP contribution in [0.15, 0.2) is 42.7 Å². The number of nitrogens with zero attached hydrogens (tertiary/aromatic N) is 4. The van der Waals surface area contributed by atoms with Crippen molar-refractivity contribution in [2.75, 3.05) is 36.5 Å². The molecule has 29 heavy (non-hydrogen) atoms. The summed E-state index contributed by atoms with van der Waals surface area (Å²) in [5, 5.41) is 4.93. The van der Waals surface area contributed by atoms with E-state index in [2.05, 4.69) is 53.3 Å². The molecule has 150 valence electrons. The molecule has 0 saturated carbocycles. The van der Waals surface area contributed by atoms with Crippen LogP contribution in [0.25, 0.3) is 10.9 Å². The van der Waals surface area contributed by atoms with E-state index in [1.807, 2.05) is 18.5 Å². The summed E-state index contributed by atoms with van der Waals surface area (Å²) >= 11 is 0. The molecule has 1 atom stereocenters. The molecule has 5 rings (SSSR count). The molecule has 6 nitrogen and oxygen atoms in total. The largest absolute Gasteiger partial charge is 0.378 e. The molecule has 2 aliphatic rings. The first kappa shape index (κ1) is 18.3. The van der Waals surface area contributed by atoms with Crippen molar-refractivity contribution in [3.63, 3.8) is 0 Å². The predicted octanol–water partition coefficient (Wildman–Crippen LogP) is 3.99. The number of rotatable bonds is 3. The highest BCUT2D eigenvalue weighted by Crippen LogP contribution is 2.42. The lowest BCUT2D eigenvalue weighted by molar-refractivity contribution is 0.122. The molecule has 0 radical (unpaired) electrons. The molecule has 0 amide bonds. The average molecular weight is 390 g/mol. The number of ether oxygens (including phenoxy) is 1. The zero-order chi connectivity index (χ0) is 19.8. The minimum absolute atomic E-state index is 0.171. The SMILES string of the molecule is CC1(C)Cc2nc(N3CCOCC3)ncc2[C@H](Nc2ccnc3ccccc23)C1. The van der Waals surface area contributed by atoms with Gasteiger partial charge in [0.2, 0.25) is 5.95 Å².